The average molecular weight is 242 g/mol. The van der Waals surface area contributed by atoms with Crippen LogP contribution in [0.4, 0.5) is 0 Å². The molecular formula is C13H26N2O2. The molecule has 3 unspecified atom stereocenters. The van der Waals surface area contributed by atoms with Crippen LogP contribution in [0.25, 0.3) is 0 Å². The summed E-state index contributed by atoms with van der Waals surface area (Å²) in [5, 5.41) is 6.53. The van der Waals surface area contributed by atoms with Gasteiger partial charge in [0, 0.05) is 25.6 Å². The molecule has 1 saturated heterocycles. The summed E-state index contributed by atoms with van der Waals surface area (Å²) in [5.74, 6) is 0.133. The third-order valence-corrected chi connectivity index (χ3v) is 3.52. The summed E-state index contributed by atoms with van der Waals surface area (Å²) >= 11 is 0. The predicted molar refractivity (Wildman–Crippen MR) is 69.0 cm³/mol. The molecule has 0 spiro atoms. The zero-order valence-electron chi connectivity index (χ0n) is 11.3. The Morgan fingerprint density at radius 3 is 2.82 bits per heavy atom. The van der Waals surface area contributed by atoms with Gasteiger partial charge in [0.15, 0.2) is 0 Å². The summed E-state index contributed by atoms with van der Waals surface area (Å²) in [5.41, 5.74) is 0. The van der Waals surface area contributed by atoms with Crippen molar-refractivity contribution in [1.82, 2.24) is 10.6 Å². The zero-order chi connectivity index (χ0) is 12.7. The minimum atomic E-state index is 0.133. The van der Waals surface area contributed by atoms with E-state index in [4.69, 9.17) is 4.74 Å². The molecule has 3 atom stereocenters. The highest BCUT2D eigenvalue weighted by Crippen LogP contribution is 2.10. The second-order valence-corrected chi connectivity index (χ2v) is 5.00. The van der Waals surface area contributed by atoms with E-state index in [2.05, 4.69) is 17.6 Å². The van der Waals surface area contributed by atoms with Crippen molar-refractivity contribution in [1.29, 1.82) is 0 Å². The number of methoxy groups -OCH3 is 1. The van der Waals surface area contributed by atoms with Crippen LogP contribution in [0.5, 0.6) is 0 Å². The van der Waals surface area contributed by atoms with Gasteiger partial charge in [0.05, 0.1) is 6.10 Å². The number of carbonyl (C=O) groups is 1. The third kappa shape index (κ3) is 5.50. The minimum Gasteiger partial charge on any atom is -0.382 e. The molecule has 1 aliphatic rings. The van der Waals surface area contributed by atoms with Gasteiger partial charge in [-0.3, -0.25) is 4.79 Å². The molecule has 1 heterocycles. The summed E-state index contributed by atoms with van der Waals surface area (Å²) < 4.78 is 5.13. The molecule has 2 N–H and O–H groups in total. The molecule has 0 aromatic carbocycles. The van der Waals surface area contributed by atoms with Gasteiger partial charge in [-0.2, -0.15) is 0 Å². The van der Waals surface area contributed by atoms with E-state index in [1.165, 1.54) is 12.8 Å². The Hall–Kier alpha value is -0.610. The number of rotatable bonds is 6. The van der Waals surface area contributed by atoms with E-state index in [1.54, 1.807) is 7.11 Å². The van der Waals surface area contributed by atoms with Gasteiger partial charge in [-0.15, -0.1) is 0 Å². The summed E-state index contributed by atoms with van der Waals surface area (Å²) in [7, 11) is 1.68. The Morgan fingerprint density at radius 2 is 2.24 bits per heavy atom. The van der Waals surface area contributed by atoms with Gasteiger partial charge < -0.3 is 15.4 Å². The molecule has 0 aliphatic carbocycles. The van der Waals surface area contributed by atoms with Crippen molar-refractivity contribution in [3.8, 4) is 0 Å². The van der Waals surface area contributed by atoms with E-state index < -0.39 is 0 Å². The fourth-order valence-corrected chi connectivity index (χ4v) is 2.18. The lowest BCUT2D eigenvalue weighted by molar-refractivity contribution is -0.122. The van der Waals surface area contributed by atoms with Crippen LogP contribution in [-0.2, 0) is 9.53 Å². The SMILES string of the molecule is COC(C)CCC(=O)NC(C)C1CCCCN1. The Bertz CT molecular complexity index is 227. The molecule has 0 bridgehead atoms. The largest absolute Gasteiger partial charge is 0.382 e. The number of carbonyl (C=O) groups excluding carboxylic acids is 1. The van der Waals surface area contributed by atoms with Crippen molar-refractivity contribution < 1.29 is 9.53 Å². The van der Waals surface area contributed by atoms with Gasteiger partial charge in [-0.25, -0.2) is 0 Å². The quantitative estimate of drug-likeness (QED) is 0.741. The topological polar surface area (TPSA) is 50.4 Å². The summed E-state index contributed by atoms with van der Waals surface area (Å²) in [6.45, 7) is 5.14. The van der Waals surface area contributed by atoms with Crippen molar-refractivity contribution in [3.63, 3.8) is 0 Å². The highest BCUT2D eigenvalue weighted by atomic mass is 16.5. The van der Waals surface area contributed by atoms with Crippen LogP contribution in [0, 0.1) is 0 Å². The van der Waals surface area contributed by atoms with Crippen LogP contribution >= 0.6 is 0 Å². The van der Waals surface area contributed by atoms with E-state index in [0.29, 0.717) is 12.5 Å². The molecule has 1 fully saturated rings. The Balaban J connectivity index is 2.20. The number of piperidine rings is 1. The molecule has 0 aromatic rings. The first-order chi connectivity index (χ1) is 8.13. The lowest BCUT2D eigenvalue weighted by atomic mass is 9.99. The maximum absolute atomic E-state index is 11.7. The van der Waals surface area contributed by atoms with Crippen LogP contribution in [0.1, 0.15) is 46.0 Å². The third-order valence-electron chi connectivity index (χ3n) is 3.52. The summed E-state index contributed by atoms with van der Waals surface area (Å²) in [4.78, 5) is 11.7. The number of ether oxygens (including phenoxy) is 1. The van der Waals surface area contributed by atoms with Crippen LogP contribution in [0.15, 0.2) is 0 Å². The Morgan fingerprint density at radius 1 is 1.47 bits per heavy atom. The van der Waals surface area contributed by atoms with E-state index in [1.807, 2.05) is 6.92 Å². The monoisotopic (exact) mass is 242 g/mol. The maximum Gasteiger partial charge on any atom is 0.220 e. The lowest BCUT2D eigenvalue weighted by Crippen LogP contribution is -2.50. The van der Waals surface area contributed by atoms with Crippen LogP contribution in [0.2, 0.25) is 0 Å². The molecule has 0 radical (unpaired) electrons. The molecule has 1 rings (SSSR count). The molecule has 4 heteroatoms. The molecule has 1 amide bonds. The van der Waals surface area contributed by atoms with Gasteiger partial charge in [-0.1, -0.05) is 6.42 Å². The molecule has 4 nitrogen and oxygen atoms in total. The first kappa shape index (κ1) is 14.5. The zero-order valence-corrected chi connectivity index (χ0v) is 11.3. The molecule has 17 heavy (non-hydrogen) atoms. The van der Waals surface area contributed by atoms with Crippen molar-refractivity contribution >= 4 is 5.91 Å². The van der Waals surface area contributed by atoms with E-state index in [9.17, 15) is 4.79 Å². The highest BCUT2D eigenvalue weighted by molar-refractivity contribution is 5.76. The summed E-state index contributed by atoms with van der Waals surface area (Å²) in [6.07, 6.45) is 5.17. The normalized spacial score (nSPS) is 24.1. The molecule has 100 valence electrons. The fraction of sp³-hybridized carbons (Fsp3) is 0.923. The summed E-state index contributed by atoms with van der Waals surface area (Å²) in [6, 6.07) is 0.660. The fourth-order valence-electron chi connectivity index (χ4n) is 2.18. The van der Waals surface area contributed by atoms with Gasteiger partial charge in [0.1, 0.15) is 0 Å². The Labute approximate surface area is 104 Å². The minimum absolute atomic E-state index is 0.133. The van der Waals surface area contributed by atoms with Crippen molar-refractivity contribution in [2.75, 3.05) is 13.7 Å². The van der Waals surface area contributed by atoms with Gasteiger partial charge >= 0.3 is 0 Å². The number of hydrogen-bond acceptors (Lipinski definition) is 3. The first-order valence-electron chi connectivity index (χ1n) is 6.69. The van der Waals surface area contributed by atoms with Crippen molar-refractivity contribution in [2.45, 2.75) is 64.1 Å². The van der Waals surface area contributed by atoms with Crippen LogP contribution in [-0.4, -0.2) is 37.7 Å². The highest BCUT2D eigenvalue weighted by Gasteiger charge is 2.20. The standard InChI is InChI=1S/C13H26N2O2/c1-10(17-3)7-8-13(16)15-11(2)12-6-4-5-9-14-12/h10-12,14H,4-9H2,1-3H3,(H,15,16). The van der Waals surface area contributed by atoms with Crippen molar-refractivity contribution in [2.24, 2.45) is 0 Å². The van der Waals surface area contributed by atoms with Crippen LogP contribution in [0.3, 0.4) is 0 Å². The van der Waals surface area contributed by atoms with Gasteiger partial charge in [-0.05, 0) is 39.7 Å². The van der Waals surface area contributed by atoms with E-state index >= 15 is 0 Å². The van der Waals surface area contributed by atoms with E-state index in [-0.39, 0.29) is 18.1 Å². The smallest absolute Gasteiger partial charge is 0.220 e. The first-order valence-corrected chi connectivity index (χ1v) is 6.69. The Kier molecular flexibility index (Phi) is 6.52. The molecular weight excluding hydrogens is 216 g/mol. The molecule has 1 aliphatic heterocycles. The second-order valence-electron chi connectivity index (χ2n) is 5.00. The molecule has 0 aromatic heterocycles. The number of amides is 1. The average Bonchev–Trinajstić information content (AvgIpc) is 2.36. The van der Waals surface area contributed by atoms with Crippen LogP contribution < -0.4 is 10.6 Å². The second kappa shape index (κ2) is 7.67. The van der Waals surface area contributed by atoms with Crippen molar-refractivity contribution in [3.05, 3.63) is 0 Å². The number of hydrogen-bond donors (Lipinski definition) is 2. The van der Waals surface area contributed by atoms with E-state index in [0.717, 1.165) is 19.4 Å². The molecule has 0 saturated carbocycles. The van der Waals surface area contributed by atoms with Gasteiger partial charge in [0.25, 0.3) is 0 Å². The number of nitrogens with one attached hydrogen (secondary N) is 2. The maximum atomic E-state index is 11.7. The van der Waals surface area contributed by atoms with Gasteiger partial charge in [0.2, 0.25) is 5.91 Å². The predicted octanol–water partition coefficient (Wildman–Crippen LogP) is 1.45. The lowest BCUT2D eigenvalue weighted by Gasteiger charge is -2.29.